The highest BCUT2D eigenvalue weighted by molar-refractivity contribution is 6.32. The summed E-state index contributed by atoms with van der Waals surface area (Å²) in [4.78, 5) is 0. The third-order valence-electron chi connectivity index (χ3n) is 1.71. The first-order valence-corrected chi connectivity index (χ1v) is 4.11. The smallest absolute Gasteiger partial charge is 0.166 e. The summed E-state index contributed by atoms with van der Waals surface area (Å²) in [6.45, 7) is 1.56. The second-order valence-electron chi connectivity index (χ2n) is 2.77. The SMILES string of the molecule is CC1=CC(C(F)(F)F)=CCC=C1Cl. The van der Waals surface area contributed by atoms with Crippen LogP contribution in [0.3, 0.4) is 0 Å². The number of allylic oxidation sites excluding steroid dienone is 6. The molecule has 0 saturated carbocycles. The minimum atomic E-state index is -4.28. The molecule has 0 bridgehead atoms. The Balaban J connectivity index is 3.00. The predicted molar refractivity (Wildman–Crippen MR) is 46.4 cm³/mol. The number of alkyl halides is 3. The van der Waals surface area contributed by atoms with Gasteiger partial charge in [0.2, 0.25) is 0 Å². The lowest BCUT2D eigenvalue weighted by atomic mass is 10.2. The third kappa shape index (κ3) is 2.62. The Kier molecular flexibility index (Phi) is 2.86. The van der Waals surface area contributed by atoms with Crippen molar-refractivity contribution in [2.24, 2.45) is 0 Å². The van der Waals surface area contributed by atoms with E-state index in [9.17, 15) is 13.2 Å². The minimum absolute atomic E-state index is 0.224. The molecule has 1 aliphatic rings. The van der Waals surface area contributed by atoms with Crippen LogP contribution in [0.5, 0.6) is 0 Å². The van der Waals surface area contributed by atoms with Gasteiger partial charge in [0.1, 0.15) is 0 Å². The van der Waals surface area contributed by atoms with Crippen molar-refractivity contribution < 1.29 is 13.2 Å². The van der Waals surface area contributed by atoms with Crippen molar-refractivity contribution in [1.29, 1.82) is 0 Å². The number of halogens is 4. The molecule has 0 amide bonds. The van der Waals surface area contributed by atoms with Crippen molar-refractivity contribution in [3.8, 4) is 0 Å². The zero-order chi connectivity index (χ0) is 10.1. The van der Waals surface area contributed by atoms with Crippen LogP contribution in [0, 0.1) is 0 Å². The van der Waals surface area contributed by atoms with E-state index in [4.69, 9.17) is 11.6 Å². The fourth-order valence-electron chi connectivity index (χ4n) is 1.01. The Bertz CT molecular complexity index is 294. The van der Waals surface area contributed by atoms with Gasteiger partial charge in [0.05, 0.1) is 5.57 Å². The molecule has 0 unspecified atom stereocenters. The Morgan fingerprint density at radius 2 is 1.92 bits per heavy atom. The van der Waals surface area contributed by atoms with Gasteiger partial charge >= 0.3 is 6.18 Å². The summed E-state index contributed by atoms with van der Waals surface area (Å²) >= 11 is 5.68. The summed E-state index contributed by atoms with van der Waals surface area (Å²) in [7, 11) is 0. The van der Waals surface area contributed by atoms with Crippen LogP contribution in [-0.4, -0.2) is 6.18 Å². The van der Waals surface area contributed by atoms with Gasteiger partial charge in [-0.1, -0.05) is 23.8 Å². The summed E-state index contributed by atoms with van der Waals surface area (Å²) < 4.78 is 36.7. The first kappa shape index (κ1) is 10.4. The minimum Gasteiger partial charge on any atom is -0.166 e. The molecule has 13 heavy (non-hydrogen) atoms. The summed E-state index contributed by atoms with van der Waals surface area (Å²) in [6.07, 6.45) is -0.311. The van der Waals surface area contributed by atoms with Crippen molar-refractivity contribution in [3.05, 3.63) is 34.4 Å². The van der Waals surface area contributed by atoms with Gasteiger partial charge in [0.25, 0.3) is 0 Å². The van der Waals surface area contributed by atoms with Crippen molar-refractivity contribution in [2.45, 2.75) is 19.5 Å². The van der Waals surface area contributed by atoms with Crippen LogP contribution in [0.4, 0.5) is 13.2 Å². The van der Waals surface area contributed by atoms with E-state index in [0.29, 0.717) is 10.6 Å². The number of hydrogen-bond donors (Lipinski definition) is 0. The molecule has 0 heterocycles. The maximum Gasteiger partial charge on any atom is 0.416 e. The molecule has 1 aliphatic carbocycles. The van der Waals surface area contributed by atoms with Crippen LogP contribution in [0.2, 0.25) is 0 Å². The van der Waals surface area contributed by atoms with Crippen LogP contribution in [0.15, 0.2) is 34.4 Å². The van der Waals surface area contributed by atoms with Gasteiger partial charge in [0.15, 0.2) is 0 Å². The van der Waals surface area contributed by atoms with Crippen molar-refractivity contribution in [2.75, 3.05) is 0 Å². The number of hydrogen-bond acceptors (Lipinski definition) is 0. The summed E-state index contributed by atoms with van der Waals surface area (Å²) in [5.41, 5.74) is -0.181. The number of rotatable bonds is 0. The molecule has 4 heteroatoms. The van der Waals surface area contributed by atoms with Crippen molar-refractivity contribution in [1.82, 2.24) is 0 Å². The molecular weight excluding hydrogens is 201 g/mol. The van der Waals surface area contributed by atoms with E-state index in [-0.39, 0.29) is 6.42 Å². The van der Waals surface area contributed by atoms with Gasteiger partial charge in [-0.3, -0.25) is 0 Å². The van der Waals surface area contributed by atoms with Crippen LogP contribution >= 0.6 is 11.6 Å². The van der Waals surface area contributed by atoms with Crippen molar-refractivity contribution >= 4 is 11.6 Å². The van der Waals surface area contributed by atoms with E-state index < -0.39 is 11.7 Å². The second kappa shape index (κ2) is 3.58. The molecule has 0 spiro atoms. The van der Waals surface area contributed by atoms with Gasteiger partial charge in [-0.2, -0.15) is 13.2 Å². The molecule has 0 aromatic rings. The maximum atomic E-state index is 12.2. The van der Waals surface area contributed by atoms with Crippen LogP contribution in [0.1, 0.15) is 13.3 Å². The zero-order valence-corrected chi connectivity index (χ0v) is 7.71. The third-order valence-corrected chi connectivity index (χ3v) is 2.16. The highest BCUT2D eigenvalue weighted by atomic mass is 35.5. The normalized spacial score (nSPS) is 18.7. The second-order valence-corrected chi connectivity index (χ2v) is 3.18. The molecule has 0 aromatic heterocycles. The van der Waals surface area contributed by atoms with E-state index >= 15 is 0 Å². The van der Waals surface area contributed by atoms with Gasteiger partial charge in [0, 0.05) is 5.03 Å². The quantitative estimate of drug-likeness (QED) is 0.566. The molecule has 0 nitrogen and oxygen atoms in total. The Hall–Kier alpha value is -0.700. The van der Waals surface area contributed by atoms with Gasteiger partial charge in [-0.15, -0.1) is 0 Å². The van der Waals surface area contributed by atoms with Crippen molar-refractivity contribution in [3.63, 3.8) is 0 Å². The highest BCUT2D eigenvalue weighted by Gasteiger charge is 2.32. The molecule has 0 radical (unpaired) electrons. The van der Waals surface area contributed by atoms with Gasteiger partial charge < -0.3 is 0 Å². The van der Waals surface area contributed by atoms with Crippen LogP contribution in [0.25, 0.3) is 0 Å². The largest absolute Gasteiger partial charge is 0.416 e. The lowest BCUT2D eigenvalue weighted by molar-refractivity contribution is -0.0884. The molecule has 0 fully saturated rings. The lowest BCUT2D eigenvalue weighted by Crippen LogP contribution is -2.09. The molecule has 0 N–H and O–H groups in total. The fourth-order valence-corrected chi connectivity index (χ4v) is 1.15. The summed E-state index contributed by atoms with van der Waals surface area (Å²) in [5.74, 6) is 0. The molecule has 0 aliphatic heterocycles. The van der Waals surface area contributed by atoms with Crippen LogP contribution < -0.4 is 0 Å². The Labute approximate surface area is 79.4 Å². The Morgan fingerprint density at radius 1 is 1.31 bits per heavy atom. The zero-order valence-electron chi connectivity index (χ0n) is 6.95. The monoisotopic (exact) mass is 208 g/mol. The summed E-state index contributed by atoms with van der Waals surface area (Å²) in [6, 6.07) is 0. The standard InChI is InChI=1S/C9H8ClF3/c1-6-5-7(9(11,12)13)3-2-4-8(6)10/h3-5H,2H2,1H3. The maximum absolute atomic E-state index is 12.2. The molecule has 72 valence electrons. The predicted octanol–water partition coefficient (Wildman–Crippen LogP) is 3.95. The summed E-state index contributed by atoms with van der Waals surface area (Å²) in [5, 5.41) is 0.385. The van der Waals surface area contributed by atoms with E-state index in [1.165, 1.54) is 0 Å². The van der Waals surface area contributed by atoms with Gasteiger partial charge in [-0.25, -0.2) is 0 Å². The fraction of sp³-hybridized carbons (Fsp3) is 0.333. The van der Waals surface area contributed by atoms with E-state index in [1.54, 1.807) is 13.0 Å². The molecular formula is C9H8ClF3. The van der Waals surface area contributed by atoms with E-state index in [2.05, 4.69) is 0 Å². The van der Waals surface area contributed by atoms with E-state index in [1.807, 2.05) is 0 Å². The highest BCUT2D eigenvalue weighted by Crippen LogP contribution is 2.31. The first-order chi connectivity index (χ1) is 5.91. The molecule has 0 atom stereocenters. The Morgan fingerprint density at radius 3 is 2.46 bits per heavy atom. The lowest BCUT2D eigenvalue weighted by Gasteiger charge is -2.06. The topological polar surface area (TPSA) is 0 Å². The molecule has 0 saturated heterocycles. The molecule has 0 aromatic carbocycles. The average Bonchev–Trinajstić information content (AvgIpc) is 2.13. The molecule has 1 rings (SSSR count). The van der Waals surface area contributed by atoms with Gasteiger partial charge in [-0.05, 0) is 25.0 Å². The first-order valence-electron chi connectivity index (χ1n) is 3.73. The van der Waals surface area contributed by atoms with Crippen LogP contribution in [-0.2, 0) is 0 Å². The van der Waals surface area contributed by atoms with E-state index in [0.717, 1.165) is 12.2 Å². The average molecular weight is 209 g/mol.